The number of aromatic nitrogens is 1. The Labute approximate surface area is 96.5 Å². The molecule has 1 aliphatic carbocycles. The number of hydrogen-bond acceptors (Lipinski definition) is 3. The maximum absolute atomic E-state index is 9.11. The van der Waals surface area contributed by atoms with Crippen molar-refractivity contribution in [3.8, 4) is 6.07 Å². The minimum atomic E-state index is 0.442. The van der Waals surface area contributed by atoms with Crippen LogP contribution in [-0.2, 0) is 0 Å². The van der Waals surface area contributed by atoms with E-state index in [1.54, 1.807) is 0 Å². The van der Waals surface area contributed by atoms with Crippen LogP contribution in [0.5, 0.6) is 0 Å². The summed E-state index contributed by atoms with van der Waals surface area (Å²) in [4.78, 5) is 4.30. The van der Waals surface area contributed by atoms with Crippen LogP contribution in [0.4, 0.5) is 5.69 Å². The van der Waals surface area contributed by atoms with Gasteiger partial charge in [0, 0.05) is 12.2 Å². The van der Waals surface area contributed by atoms with Crippen molar-refractivity contribution in [3.63, 3.8) is 0 Å². The predicted octanol–water partition coefficient (Wildman–Crippen LogP) is 2.78. The van der Waals surface area contributed by atoms with Crippen LogP contribution in [0.2, 0.25) is 0 Å². The number of aryl methyl sites for hydroxylation is 2. The van der Waals surface area contributed by atoms with Gasteiger partial charge in [0.15, 0.2) is 0 Å². The lowest BCUT2D eigenvalue weighted by Crippen LogP contribution is -2.13. The number of nitrogens with zero attached hydrogens (tertiary/aromatic N) is 2. The zero-order valence-electron chi connectivity index (χ0n) is 10.1. The summed E-state index contributed by atoms with van der Waals surface area (Å²) in [6, 6.07) is 4.18. The summed E-state index contributed by atoms with van der Waals surface area (Å²) in [6.45, 7) is 7.06. The van der Waals surface area contributed by atoms with Crippen molar-refractivity contribution >= 4 is 5.69 Å². The SMILES string of the molecule is Cc1cc(NCC2(C)CC2)c(C#N)c(C)n1. The van der Waals surface area contributed by atoms with Crippen LogP contribution in [0.25, 0.3) is 0 Å². The number of anilines is 1. The van der Waals surface area contributed by atoms with E-state index >= 15 is 0 Å². The molecule has 2 rings (SSSR count). The molecule has 0 atom stereocenters. The lowest BCUT2D eigenvalue weighted by atomic mass is 10.1. The third kappa shape index (κ3) is 2.16. The van der Waals surface area contributed by atoms with E-state index in [1.165, 1.54) is 12.8 Å². The third-order valence-corrected chi connectivity index (χ3v) is 3.25. The van der Waals surface area contributed by atoms with Crippen LogP contribution in [0.15, 0.2) is 6.07 Å². The maximum atomic E-state index is 9.11. The molecule has 0 bridgehead atoms. The fourth-order valence-corrected chi connectivity index (χ4v) is 1.81. The molecule has 1 heterocycles. The zero-order chi connectivity index (χ0) is 11.8. The fourth-order valence-electron chi connectivity index (χ4n) is 1.81. The molecule has 16 heavy (non-hydrogen) atoms. The van der Waals surface area contributed by atoms with Gasteiger partial charge in [-0.3, -0.25) is 4.98 Å². The summed E-state index contributed by atoms with van der Waals surface area (Å²) in [5.41, 5.74) is 3.82. The van der Waals surface area contributed by atoms with Gasteiger partial charge < -0.3 is 5.32 Å². The average molecular weight is 215 g/mol. The lowest BCUT2D eigenvalue weighted by Gasteiger charge is -2.14. The van der Waals surface area contributed by atoms with Crippen molar-refractivity contribution < 1.29 is 0 Å². The second-order valence-corrected chi connectivity index (χ2v) is 5.05. The van der Waals surface area contributed by atoms with Gasteiger partial charge in [-0.05, 0) is 38.2 Å². The second kappa shape index (κ2) is 3.79. The van der Waals surface area contributed by atoms with E-state index in [-0.39, 0.29) is 0 Å². The van der Waals surface area contributed by atoms with Gasteiger partial charge in [0.2, 0.25) is 0 Å². The summed E-state index contributed by atoms with van der Waals surface area (Å²) < 4.78 is 0. The van der Waals surface area contributed by atoms with Gasteiger partial charge in [-0.1, -0.05) is 6.92 Å². The average Bonchev–Trinajstić information content (AvgIpc) is 2.94. The van der Waals surface area contributed by atoms with Gasteiger partial charge in [0.1, 0.15) is 6.07 Å². The highest BCUT2D eigenvalue weighted by molar-refractivity contribution is 5.60. The molecule has 1 aromatic rings. The lowest BCUT2D eigenvalue weighted by molar-refractivity contribution is 0.610. The Hall–Kier alpha value is -1.56. The molecule has 3 heteroatoms. The Morgan fingerprint density at radius 2 is 2.19 bits per heavy atom. The molecule has 1 N–H and O–H groups in total. The highest BCUT2D eigenvalue weighted by Crippen LogP contribution is 2.44. The smallest absolute Gasteiger partial charge is 0.103 e. The van der Waals surface area contributed by atoms with Crippen LogP contribution < -0.4 is 5.32 Å². The van der Waals surface area contributed by atoms with Crippen LogP contribution >= 0.6 is 0 Å². The predicted molar refractivity (Wildman–Crippen MR) is 64.3 cm³/mol. The van der Waals surface area contributed by atoms with Crippen LogP contribution in [0.1, 0.15) is 36.7 Å². The first kappa shape index (κ1) is 10.9. The van der Waals surface area contributed by atoms with Gasteiger partial charge >= 0.3 is 0 Å². The third-order valence-electron chi connectivity index (χ3n) is 3.25. The van der Waals surface area contributed by atoms with Crippen molar-refractivity contribution in [3.05, 3.63) is 23.0 Å². The zero-order valence-corrected chi connectivity index (χ0v) is 10.1. The molecule has 1 fully saturated rings. The Morgan fingerprint density at radius 1 is 1.50 bits per heavy atom. The topological polar surface area (TPSA) is 48.7 Å². The van der Waals surface area contributed by atoms with Crippen LogP contribution in [0.3, 0.4) is 0 Å². The molecule has 0 saturated heterocycles. The molecule has 0 unspecified atom stereocenters. The van der Waals surface area contributed by atoms with E-state index in [0.29, 0.717) is 11.0 Å². The summed E-state index contributed by atoms with van der Waals surface area (Å²) in [7, 11) is 0. The van der Waals surface area contributed by atoms with Gasteiger partial charge in [0.05, 0.1) is 16.9 Å². The largest absolute Gasteiger partial charge is 0.383 e. The molecule has 0 aromatic carbocycles. The number of nitrogens with one attached hydrogen (secondary N) is 1. The summed E-state index contributed by atoms with van der Waals surface area (Å²) in [5, 5.41) is 12.5. The molecule has 1 aromatic heterocycles. The van der Waals surface area contributed by atoms with Crippen LogP contribution in [-0.4, -0.2) is 11.5 Å². The van der Waals surface area contributed by atoms with E-state index in [0.717, 1.165) is 23.6 Å². The first-order valence-electron chi connectivity index (χ1n) is 5.66. The monoisotopic (exact) mass is 215 g/mol. The molecule has 3 nitrogen and oxygen atoms in total. The van der Waals surface area contributed by atoms with Gasteiger partial charge in [0.25, 0.3) is 0 Å². The Kier molecular flexibility index (Phi) is 2.59. The maximum Gasteiger partial charge on any atom is 0.103 e. The molecule has 1 saturated carbocycles. The van der Waals surface area contributed by atoms with Crippen molar-refractivity contribution in [1.29, 1.82) is 5.26 Å². The minimum absolute atomic E-state index is 0.442. The first-order valence-corrected chi connectivity index (χ1v) is 5.66. The molecular weight excluding hydrogens is 198 g/mol. The normalized spacial score (nSPS) is 16.6. The quantitative estimate of drug-likeness (QED) is 0.843. The molecule has 0 spiro atoms. The van der Waals surface area contributed by atoms with E-state index in [4.69, 9.17) is 5.26 Å². The molecule has 0 aliphatic heterocycles. The highest BCUT2D eigenvalue weighted by Gasteiger charge is 2.36. The summed E-state index contributed by atoms with van der Waals surface area (Å²) >= 11 is 0. The molecule has 1 aliphatic rings. The van der Waals surface area contributed by atoms with E-state index in [9.17, 15) is 0 Å². The van der Waals surface area contributed by atoms with E-state index in [2.05, 4.69) is 23.3 Å². The summed E-state index contributed by atoms with van der Waals surface area (Å²) in [6.07, 6.45) is 2.57. The molecule has 84 valence electrons. The number of nitriles is 1. The Morgan fingerprint density at radius 3 is 2.75 bits per heavy atom. The first-order chi connectivity index (χ1) is 7.54. The van der Waals surface area contributed by atoms with E-state index in [1.807, 2.05) is 19.9 Å². The van der Waals surface area contributed by atoms with E-state index < -0.39 is 0 Å². The number of hydrogen-bond donors (Lipinski definition) is 1. The Bertz CT molecular complexity index is 453. The van der Waals surface area contributed by atoms with Crippen molar-refractivity contribution in [2.75, 3.05) is 11.9 Å². The molecule has 0 radical (unpaired) electrons. The van der Waals surface area contributed by atoms with Gasteiger partial charge in [-0.25, -0.2) is 0 Å². The van der Waals surface area contributed by atoms with Crippen molar-refractivity contribution in [2.45, 2.75) is 33.6 Å². The summed E-state index contributed by atoms with van der Waals surface area (Å²) in [5.74, 6) is 0. The second-order valence-electron chi connectivity index (χ2n) is 5.05. The van der Waals surface area contributed by atoms with Gasteiger partial charge in [-0.15, -0.1) is 0 Å². The van der Waals surface area contributed by atoms with Crippen molar-refractivity contribution in [1.82, 2.24) is 4.98 Å². The molecular formula is C13H17N3. The van der Waals surface area contributed by atoms with Crippen LogP contribution in [0, 0.1) is 30.6 Å². The van der Waals surface area contributed by atoms with Crippen molar-refractivity contribution in [2.24, 2.45) is 5.41 Å². The number of rotatable bonds is 3. The Balaban J connectivity index is 2.21. The standard InChI is InChI=1S/C13H17N3/c1-9-6-12(11(7-14)10(2)16-9)15-8-13(3)4-5-13/h6H,4-5,8H2,1-3H3,(H,15,16). The highest BCUT2D eigenvalue weighted by atomic mass is 14.9. The molecule has 0 amide bonds. The minimum Gasteiger partial charge on any atom is -0.383 e. The fraction of sp³-hybridized carbons (Fsp3) is 0.538. The van der Waals surface area contributed by atoms with Gasteiger partial charge in [-0.2, -0.15) is 5.26 Å². The number of pyridine rings is 1.